The van der Waals surface area contributed by atoms with E-state index >= 15 is 0 Å². The summed E-state index contributed by atoms with van der Waals surface area (Å²) in [5.74, 6) is -3.82. The zero-order valence-electron chi connectivity index (χ0n) is 25.5. The number of methoxy groups -OCH3 is 1. The average molecular weight is 623 g/mol. The number of nitrogens with one attached hydrogen (secondary N) is 2. The highest BCUT2D eigenvalue weighted by atomic mass is 19.1. The Kier molecular flexibility index (Phi) is 9.54. The first-order chi connectivity index (χ1) is 21.2. The molecular weight excluding hydrogens is 590 g/mol. The molecule has 45 heavy (non-hydrogen) atoms. The molecule has 0 aliphatic rings. The summed E-state index contributed by atoms with van der Waals surface area (Å²) in [4.78, 5) is 56.8. The molecular formula is C31H32F2N6O6. The molecule has 0 unspecified atom stereocenters. The van der Waals surface area contributed by atoms with E-state index in [1.807, 2.05) is 0 Å². The molecule has 0 spiro atoms. The lowest BCUT2D eigenvalue weighted by Crippen LogP contribution is -2.47. The smallest absolute Gasteiger partial charge is 0.411 e. The standard InChI is InChI=1S/C31H32F2N6O6/c1-16(2)23(25(41)27-37-38-29(45-27)31(4,5)20-13-12-19(32)14-21(20)33)35-22(40)15-39-26(18-10-8-7-9-11-18)34-17(3)24(28(39)42)36-30(43)44-6/h7-14,16,23H,15H2,1-6H3,(H,35,40)(H,36,43)/t23-/m0/s1. The van der Waals surface area contributed by atoms with Crippen molar-refractivity contribution in [3.8, 4) is 11.4 Å². The number of ether oxygens (including phenoxy) is 1. The monoisotopic (exact) mass is 622 g/mol. The summed E-state index contributed by atoms with van der Waals surface area (Å²) in [6.07, 6.45) is -0.893. The summed E-state index contributed by atoms with van der Waals surface area (Å²) in [7, 11) is 1.14. The number of Topliss-reactive ketones (excluding diaryl/α,β-unsaturated/α-hetero) is 1. The van der Waals surface area contributed by atoms with Crippen molar-refractivity contribution in [3.05, 3.63) is 93.6 Å². The van der Waals surface area contributed by atoms with Crippen LogP contribution in [0.25, 0.3) is 11.4 Å². The van der Waals surface area contributed by atoms with E-state index in [4.69, 9.17) is 4.42 Å². The van der Waals surface area contributed by atoms with E-state index in [1.54, 1.807) is 58.0 Å². The fourth-order valence-corrected chi connectivity index (χ4v) is 4.63. The number of aromatic nitrogens is 4. The Balaban J connectivity index is 1.63. The van der Waals surface area contributed by atoms with Crippen LogP contribution < -0.4 is 16.2 Å². The molecule has 2 aromatic heterocycles. The number of carbonyl (C=O) groups is 3. The molecule has 2 heterocycles. The predicted molar refractivity (Wildman–Crippen MR) is 159 cm³/mol. The van der Waals surface area contributed by atoms with E-state index in [0.717, 1.165) is 23.8 Å². The molecule has 2 aromatic carbocycles. The Morgan fingerprint density at radius 3 is 2.38 bits per heavy atom. The summed E-state index contributed by atoms with van der Waals surface area (Å²) in [5.41, 5.74) is -1.30. The molecule has 1 atom stereocenters. The summed E-state index contributed by atoms with van der Waals surface area (Å²) < 4.78 is 39.4. The second-order valence-electron chi connectivity index (χ2n) is 11.1. The van der Waals surface area contributed by atoms with Gasteiger partial charge in [0.25, 0.3) is 11.4 Å². The number of halogens is 2. The number of amides is 2. The first-order valence-corrected chi connectivity index (χ1v) is 13.9. The van der Waals surface area contributed by atoms with Gasteiger partial charge in [0.1, 0.15) is 29.7 Å². The van der Waals surface area contributed by atoms with Gasteiger partial charge in [-0.3, -0.25) is 24.3 Å². The van der Waals surface area contributed by atoms with Crippen LogP contribution in [0.2, 0.25) is 0 Å². The van der Waals surface area contributed by atoms with Crippen LogP contribution in [0.15, 0.2) is 57.7 Å². The maximum absolute atomic E-state index is 14.5. The zero-order valence-corrected chi connectivity index (χ0v) is 25.5. The number of hydrogen-bond donors (Lipinski definition) is 2. The molecule has 14 heteroatoms. The highest BCUT2D eigenvalue weighted by molar-refractivity contribution is 5.98. The van der Waals surface area contributed by atoms with Gasteiger partial charge in [-0.15, -0.1) is 10.2 Å². The third kappa shape index (κ3) is 6.95. The SMILES string of the molecule is COC(=O)Nc1c(C)nc(-c2ccccc2)n(CC(=O)N[C@H](C(=O)c2nnc(C(C)(C)c3ccc(F)cc3F)o2)C(C)C)c1=O. The van der Waals surface area contributed by atoms with E-state index in [2.05, 4.69) is 30.6 Å². The first-order valence-electron chi connectivity index (χ1n) is 13.9. The van der Waals surface area contributed by atoms with E-state index in [9.17, 15) is 28.0 Å². The van der Waals surface area contributed by atoms with Crippen LogP contribution >= 0.6 is 0 Å². The van der Waals surface area contributed by atoms with Crippen LogP contribution in [-0.4, -0.2) is 50.7 Å². The Hall–Kier alpha value is -5.27. The molecule has 2 amide bonds. The van der Waals surface area contributed by atoms with Gasteiger partial charge in [0.15, 0.2) is 0 Å². The molecule has 236 valence electrons. The van der Waals surface area contributed by atoms with Gasteiger partial charge in [-0.1, -0.05) is 50.2 Å². The summed E-state index contributed by atoms with van der Waals surface area (Å²) in [6.45, 7) is 7.49. The fraction of sp³-hybridized carbons (Fsp3) is 0.323. The number of nitrogens with zero attached hydrogens (tertiary/aromatic N) is 4. The number of ketones is 1. The maximum Gasteiger partial charge on any atom is 0.411 e. The topological polar surface area (TPSA) is 158 Å². The molecule has 0 aliphatic heterocycles. The normalized spacial score (nSPS) is 12.1. The number of rotatable bonds is 10. The molecule has 0 fully saturated rings. The third-order valence-corrected chi connectivity index (χ3v) is 7.14. The van der Waals surface area contributed by atoms with Crippen molar-refractivity contribution in [2.75, 3.05) is 12.4 Å². The molecule has 0 aliphatic carbocycles. The average Bonchev–Trinajstić information content (AvgIpc) is 3.50. The molecule has 0 saturated heterocycles. The Labute approximate surface area is 256 Å². The second kappa shape index (κ2) is 13.2. The number of carbonyl (C=O) groups excluding carboxylic acids is 3. The minimum Gasteiger partial charge on any atom is -0.453 e. The third-order valence-electron chi connectivity index (χ3n) is 7.14. The van der Waals surface area contributed by atoms with Crippen molar-refractivity contribution in [2.24, 2.45) is 5.92 Å². The molecule has 4 rings (SSSR count). The minimum atomic E-state index is -1.22. The molecule has 0 saturated carbocycles. The second-order valence-corrected chi connectivity index (χ2v) is 11.1. The van der Waals surface area contributed by atoms with Gasteiger partial charge in [-0.25, -0.2) is 18.6 Å². The lowest BCUT2D eigenvalue weighted by molar-refractivity contribution is -0.122. The molecule has 0 bridgehead atoms. The Morgan fingerprint density at radius 2 is 1.76 bits per heavy atom. The first kappa shape index (κ1) is 32.6. The number of benzene rings is 2. The Bertz CT molecular complexity index is 1800. The number of aryl methyl sites for hydroxylation is 1. The molecule has 2 N–H and O–H groups in total. The van der Waals surface area contributed by atoms with E-state index < -0.39 is 64.8 Å². The predicted octanol–water partition coefficient (Wildman–Crippen LogP) is 4.41. The van der Waals surface area contributed by atoms with E-state index in [0.29, 0.717) is 5.56 Å². The van der Waals surface area contributed by atoms with Crippen LogP contribution in [0.3, 0.4) is 0 Å². The molecule has 12 nitrogen and oxygen atoms in total. The Morgan fingerprint density at radius 1 is 1.07 bits per heavy atom. The summed E-state index contributed by atoms with van der Waals surface area (Å²) in [5, 5.41) is 12.7. The fourth-order valence-electron chi connectivity index (χ4n) is 4.63. The number of hydrogen-bond acceptors (Lipinski definition) is 9. The van der Waals surface area contributed by atoms with Gasteiger partial charge < -0.3 is 14.5 Å². The van der Waals surface area contributed by atoms with Crippen molar-refractivity contribution in [2.45, 2.75) is 52.6 Å². The van der Waals surface area contributed by atoms with Crippen molar-refractivity contribution in [1.82, 2.24) is 25.1 Å². The van der Waals surface area contributed by atoms with Gasteiger partial charge in [0.2, 0.25) is 17.6 Å². The van der Waals surface area contributed by atoms with Crippen molar-refractivity contribution >= 4 is 23.5 Å². The zero-order chi connectivity index (χ0) is 33.1. The number of anilines is 1. The van der Waals surface area contributed by atoms with Crippen LogP contribution in [-0.2, 0) is 21.5 Å². The van der Waals surface area contributed by atoms with Gasteiger partial charge in [-0.2, -0.15) is 0 Å². The van der Waals surface area contributed by atoms with Crippen molar-refractivity contribution in [1.29, 1.82) is 0 Å². The quantitative estimate of drug-likeness (QED) is 0.244. The lowest BCUT2D eigenvalue weighted by atomic mass is 9.84. The van der Waals surface area contributed by atoms with Crippen LogP contribution in [0.4, 0.5) is 19.3 Å². The van der Waals surface area contributed by atoms with Crippen LogP contribution in [0.1, 0.15) is 55.5 Å². The highest BCUT2D eigenvalue weighted by Gasteiger charge is 2.36. The van der Waals surface area contributed by atoms with Gasteiger partial charge in [0, 0.05) is 17.2 Å². The maximum atomic E-state index is 14.5. The lowest BCUT2D eigenvalue weighted by Gasteiger charge is -2.22. The van der Waals surface area contributed by atoms with Gasteiger partial charge in [0.05, 0.1) is 24.3 Å². The summed E-state index contributed by atoms with van der Waals surface area (Å²) in [6, 6.07) is 10.6. The summed E-state index contributed by atoms with van der Waals surface area (Å²) >= 11 is 0. The molecule has 4 aromatic rings. The van der Waals surface area contributed by atoms with Gasteiger partial charge >= 0.3 is 6.09 Å². The molecule has 0 radical (unpaired) electrons. The van der Waals surface area contributed by atoms with Crippen molar-refractivity contribution < 1.29 is 32.3 Å². The minimum absolute atomic E-state index is 0.0766. The van der Waals surface area contributed by atoms with Gasteiger partial charge in [-0.05, 0) is 32.8 Å². The van der Waals surface area contributed by atoms with Crippen LogP contribution in [0, 0.1) is 24.5 Å². The van der Waals surface area contributed by atoms with Crippen molar-refractivity contribution in [3.63, 3.8) is 0 Å². The highest BCUT2D eigenvalue weighted by Crippen LogP contribution is 2.33. The largest absolute Gasteiger partial charge is 0.453 e. The van der Waals surface area contributed by atoms with E-state index in [-0.39, 0.29) is 28.7 Å². The van der Waals surface area contributed by atoms with E-state index in [1.165, 1.54) is 13.0 Å². The van der Waals surface area contributed by atoms with Crippen LogP contribution in [0.5, 0.6) is 0 Å².